The van der Waals surface area contributed by atoms with Gasteiger partial charge in [0.25, 0.3) is 5.91 Å². The average molecular weight is 913 g/mol. The summed E-state index contributed by atoms with van der Waals surface area (Å²) in [4.78, 5) is 67.2. The molecule has 3 atom stereocenters. The van der Waals surface area contributed by atoms with Crippen LogP contribution in [0.1, 0.15) is 101 Å². The number of hydrogen-bond donors (Lipinski definition) is 3. The zero-order valence-electron chi connectivity index (χ0n) is 37.5. The molecule has 1 fully saturated rings. The number of aromatic nitrogens is 4. The van der Waals surface area contributed by atoms with Crippen LogP contribution in [0.15, 0.2) is 83.3 Å². The number of likely N-dealkylation sites (tertiary alicyclic amines) is 1. The molecule has 6 aromatic rings. The topological polar surface area (TPSA) is 181 Å². The van der Waals surface area contributed by atoms with E-state index in [1.165, 1.54) is 18.4 Å². The van der Waals surface area contributed by atoms with E-state index < -0.39 is 23.5 Å². The molecule has 3 aromatic heterocycles. The molecule has 0 bridgehead atoms. The Morgan fingerprint density at radius 3 is 2.23 bits per heavy atom. The van der Waals surface area contributed by atoms with Crippen molar-refractivity contribution in [2.75, 3.05) is 13.7 Å². The molecule has 1 saturated heterocycles. The maximum Gasteiger partial charge on any atom is 0.308 e. The second kappa shape index (κ2) is 18.6. The van der Waals surface area contributed by atoms with E-state index in [1.54, 1.807) is 33.9 Å². The van der Waals surface area contributed by atoms with E-state index in [-0.39, 0.29) is 36.7 Å². The number of carbonyl (C=O) groups excluding carboxylic acids is 4. The molecule has 5 heterocycles. The van der Waals surface area contributed by atoms with Crippen molar-refractivity contribution >= 4 is 52.1 Å². The molecule has 14 nitrogen and oxygen atoms in total. The number of aliphatic hydroxyl groups excluding tert-OH is 1. The summed E-state index contributed by atoms with van der Waals surface area (Å²) in [5.74, 6) is 0.000945. The highest BCUT2D eigenvalue weighted by Gasteiger charge is 2.42. The van der Waals surface area contributed by atoms with Crippen LogP contribution in [-0.4, -0.2) is 84.9 Å². The smallest absolute Gasteiger partial charge is 0.308 e. The predicted molar refractivity (Wildman–Crippen MR) is 251 cm³/mol. The first kappa shape index (κ1) is 45.2. The number of carbonyl (C=O) groups is 4. The van der Waals surface area contributed by atoms with Crippen molar-refractivity contribution in [1.29, 1.82) is 0 Å². The SMILES string of the molecule is COC(=O)C[C@@H]1N=C(c2ccc(-c3ccc(C(=O)NC(C(=O)N4CCC[C@H]4C(=O)NCc4ccc(-c5scnc5CO)cc4)C(C)(C)C)cc3)cc2)c2c(sc(C)c2C)-n2c(C)nnc21. The number of aryl methyl sites for hydroxylation is 2. The number of benzene rings is 3. The van der Waals surface area contributed by atoms with Gasteiger partial charge in [0.05, 0.1) is 41.9 Å². The van der Waals surface area contributed by atoms with Gasteiger partial charge < -0.3 is 25.4 Å². The number of thiazole rings is 1. The van der Waals surface area contributed by atoms with Gasteiger partial charge >= 0.3 is 5.97 Å². The highest BCUT2D eigenvalue weighted by molar-refractivity contribution is 7.15. The monoisotopic (exact) mass is 912 g/mol. The van der Waals surface area contributed by atoms with Crippen molar-refractivity contribution in [3.63, 3.8) is 0 Å². The fourth-order valence-corrected chi connectivity index (χ4v) is 10.5. The standard InChI is InChI=1S/C49H52N8O6S2/c1-27-28(2)65-48-40(27)41(52-36(23-39(59)63-7)44-55-54-29(3)57(44)48)33-18-14-31(15-19-33)32-16-20-35(21-17-32)45(60)53-43(49(4,5)6)47(62)56-22-8-9-38(56)46(61)50-24-30-10-12-34(13-11-30)42-37(25-58)51-26-64-42/h10-21,26,36,38,43,58H,8-9,22-25H2,1-7H3,(H,50,61)(H,53,60)/t36-,38-,43?/m0/s1. The number of amides is 3. The Hall–Kier alpha value is -6.36. The van der Waals surface area contributed by atoms with Gasteiger partial charge in [-0.3, -0.25) is 28.7 Å². The first-order valence-electron chi connectivity index (χ1n) is 21.6. The predicted octanol–water partition coefficient (Wildman–Crippen LogP) is 7.44. The Balaban J connectivity index is 0.944. The minimum Gasteiger partial charge on any atom is -0.469 e. The third-order valence-corrected chi connectivity index (χ3v) is 14.3. The summed E-state index contributed by atoms with van der Waals surface area (Å²) in [6.07, 6.45) is 1.22. The van der Waals surface area contributed by atoms with Crippen LogP contribution in [-0.2, 0) is 32.3 Å². The fraction of sp³-hybridized carbons (Fsp3) is 0.347. The van der Waals surface area contributed by atoms with Crippen LogP contribution < -0.4 is 10.6 Å². The van der Waals surface area contributed by atoms with E-state index in [0.29, 0.717) is 48.8 Å². The van der Waals surface area contributed by atoms with Gasteiger partial charge in [0.1, 0.15) is 29.0 Å². The molecule has 3 amide bonds. The highest BCUT2D eigenvalue weighted by Crippen LogP contribution is 2.40. The third-order valence-electron chi connectivity index (χ3n) is 12.2. The number of fused-ring (bicyclic) bond motifs is 3. The van der Waals surface area contributed by atoms with Gasteiger partial charge in [0.15, 0.2) is 5.82 Å². The number of nitrogens with one attached hydrogen (secondary N) is 2. The highest BCUT2D eigenvalue weighted by atomic mass is 32.1. The molecule has 16 heteroatoms. The molecular weight excluding hydrogens is 861 g/mol. The first-order valence-corrected chi connectivity index (χ1v) is 23.3. The normalized spacial score (nSPS) is 16.2. The van der Waals surface area contributed by atoms with Crippen LogP contribution in [0, 0.1) is 26.2 Å². The van der Waals surface area contributed by atoms with Crippen LogP contribution in [0.25, 0.3) is 26.6 Å². The molecule has 3 N–H and O–H groups in total. The number of rotatable bonds is 12. The van der Waals surface area contributed by atoms with E-state index in [0.717, 1.165) is 59.4 Å². The van der Waals surface area contributed by atoms with E-state index in [1.807, 2.05) is 92.9 Å². The van der Waals surface area contributed by atoms with Crippen LogP contribution in [0.2, 0.25) is 0 Å². The zero-order chi connectivity index (χ0) is 46.2. The summed E-state index contributed by atoms with van der Waals surface area (Å²) in [5.41, 5.74) is 9.48. The van der Waals surface area contributed by atoms with Gasteiger partial charge in [-0.15, -0.1) is 32.9 Å². The van der Waals surface area contributed by atoms with Gasteiger partial charge in [-0.1, -0.05) is 81.4 Å². The zero-order valence-corrected chi connectivity index (χ0v) is 39.1. The van der Waals surface area contributed by atoms with Gasteiger partial charge in [0, 0.05) is 34.7 Å². The van der Waals surface area contributed by atoms with E-state index in [4.69, 9.17) is 9.73 Å². The molecule has 0 spiro atoms. The molecule has 8 rings (SSSR count). The molecule has 1 unspecified atom stereocenters. The largest absolute Gasteiger partial charge is 0.469 e. The molecule has 0 aliphatic carbocycles. The van der Waals surface area contributed by atoms with Crippen molar-refractivity contribution in [3.8, 4) is 26.6 Å². The minimum absolute atomic E-state index is 0.0184. The van der Waals surface area contributed by atoms with E-state index in [2.05, 4.69) is 39.7 Å². The minimum atomic E-state index is -0.881. The molecule has 336 valence electrons. The lowest BCUT2D eigenvalue weighted by molar-refractivity contribution is -0.142. The molecule has 65 heavy (non-hydrogen) atoms. The van der Waals surface area contributed by atoms with Crippen LogP contribution in [0.4, 0.5) is 0 Å². The molecular formula is C49H52N8O6S2. The van der Waals surface area contributed by atoms with Crippen molar-refractivity contribution in [3.05, 3.63) is 128 Å². The van der Waals surface area contributed by atoms with Crippen LogP contribution >= 0.6 is 22.7 Å². The number of methoxy groups -OCH3 is 1. The van der Waals surface area contributed by atoms with E-state index in [9.17, 15) is 24.3 Å². The fourth-order valence-electron chi connectivity index (χ4n) is 8.43. The Morgan fingerprint density at radius 1 is 0.908 bits per heavy atom. The summed E-state index contributed by atoms with van der Waals surface area (Å²) < 4.78 is 7.03. The van der Waals surface area contributed by atoms with Gasteiger partial charge in [-0.25, -0.2) is 4.98 Å². The van der Waals surface area contributed by atoms with Crippen molar-refractivity contribution in [1.82, 2.24) is 35.3 Å². The van der Waals surface area contributed by atoms with Crippen molar-refractivity contribution in [2.45, 2.75) is 92.1 Å². The molecule has 0 saturated carbocycles. The summed E-state index contributed by atoms with van der Waals surface area (Å²) >= 11 is 3.11. The molecule has 2 aliphatic heterocycles. The number of esters is 1. The summed E-state index contributed by atoms with van der Waals surface area (Å²) in [6.45, 7) is 12.4. The lowest BCUT2D eigenvalue weighted by atomic mass is 9.85. The molecule has 2 aliphatic rings. The third kappa shape index (κ3) is 9.15. The van der Waals surface area contributed by atoms with Gasteiger partial charge in [0.2, 0.25) is 11.8 Å². The molecule has 0 radical (unpaired) electrons. The lowest BCUT2D eigenvalue weighted by Crippen LogP contribution is -2.57. The number of aliphatic imine (C=N–C) groups is 1. The Labute approximate surface area is 385 Å². The van der Waals surface area contributed by atoms with Crippen molar-refractivity contribution < 1.29 is 29.0 Å². The Kier molecular flexibility index (Phi) is 13.0. The van der Waals surface area contributed by atoms with Gasteiger partial charge in [-0.05, 0) is 79.0 Å². The van der Waals surface area contributed by atoms with Crippen LogP contribution in [0.5, 0.6) is 0 Å². The second-order valence-corrected chi connectivity index (χ2v) is 19.6. The first-order chi connectivity index (χ1) is 31.2. The summed E-state index contributed by atoms with van der Waals surface area (Å²) in [5, 5.41) is 25.4. The Morgan fingerprint density at radius 2 is 1.57 bits per heavy atom. The van der Waals surface area contributed by atoms with E-state index >= 15 is 0 Å². The number of thiophene rings is 1. The number of nitrogens with zero attached hydrogens (tertiary/aromatic N) is 6. The number of hydrogen-bond acceptors (Lipinski definition) is 12. The molecule has 3 aromatic carbocycles. The number of aliphatic hydroxyl groups is 1. The number of ether oxygens (including phenoxy) is 1. The van der Waals surface area contributed by atoms with Gasteiger partial charge in [-0.2, -0.15) is 0 Å². The maximum absolute atomic E-state index is 14.2. The quantitative estimate of drug-likeness (QED) is 0.105. The summed E-state index contributed by atoms with van der Waals surface area (Å²) in [6, 6.07) is 20.9. The maximum atomic E-state index is 14.2. The van der Waals surface area contributed by atoms with Crippen LogP contribution in [0.3, 0.4) is 0 Å². The lowest BCUT2D eigenvalue weighted by Gasteiger charge is -2.35. The second-order valence-electron chi connectivity index (χ2n) is 17.5. The summed E-state index contributed by atoms with van der Waals surface area (Å²) in [7, 11) is 1.36. The van der Waals surface area contributed by atoms with Crippen molar-refractivity contribution in [2.24, 2.45) is 10.4 Å². The Bertz CT molecular complexity index is 2780. The average Bonchev–Trinajstić information content (AvgIpc) is 4.11.